The number of anilines is 3. The summed E-state index contributed by atoms with van der Waals surface area (Å²) in [5.74, 6) is 2.78. The number of morpholine rings is 1. The van der Waals surface area contributed by atoms with Crippen molar-refractivity contribution in [3.05, 3.63) is 30.4 Å². The van der Waals surface area contributed by atoms with Crippen molar-refractivity contribution in [2.75, 3.05) is 67.2 Å². The number of nitrogens with zero attached hydrogens (tertiary/aromatic N) is 7. The van der Waals surface area contributed by atoms with E-state index >= 15 is 0 Å². The Hall–Kier alpha value is -2.48. The summed E-state index contributed by atoms with van der Waals surface area (Å²) < 4.78 is 5.42. The Morgan fingerprint density at radius 1 is 0.760 bits per heavy atom. The molecule has 8 nitrogen and oxygen atoms in total. The number of hydrogen-bond acceptors (Lipinski definition) is 8. The molecule has 0 aromatic carbocycles. The summed E-state index contributed by atoms with van der Waals surface area (Å²) in [4.78, 5) is 24.5. The molecule has 2 aliphatic heterocycles. The Morgan fingerprint density at radius 3 is 1.96 bits per heavy atom. The fourth-order valence-corrected chi connectivity index (χ4v) is 3.16. The average Bonchev–Trinajstić information content (AvgIpc) is 2.70. The van der Waals surface area contributed by atoms with Gasteiger partial charge in [-0.25, -0.2) is 19.9 Å². The first-order valence-electron chi connectivity index (χ1n) is 8.73. The van der Waals surface area contributed by atoms with E-state index in [2.05, 4.69) is 40.7 Å². The summed E-state index contributed by atoms with van der Waals surface area (Å²) in [6.45, 7) is 8.86. The van der Waals surface area contributed by atoms with Gasteiger partial charge >= 0.3 is 0 Å². The van der Waals surface area contributed by atoms with Gasteiger partial charge in [0, 0.05) is 57.7 Å². The highest BCUT2D eigenvalue weighted by Gasteiger charge is 2.21. The summed E-state index contributed by atoms with van der Waals surface area (Å²) in [5.41, 5.74) is 1.08. The summed E-state index contributed by atoms with van der Waals surface area (Å²) in [5, 5.41) is 0. The maximum atomic E-state index is 5.42. The highest BCUT2D eigenvalue weighted by atomic mass is 16.5. The zero-order chi connectivity index (χ0) is 17.1. The number of hydrogen-bond donors (Lipinski definition) is 0. The maximum Gasteiger partial charge on any atom is 0.225 e. The Morgan fingerprint density at radius 2 is 1.32 bits per heavy atom. The van der Waals surface area contributed by atoms with Crippen LogP contribution in [-0.2, 0) is 4.74 Å². The van der Waals surface area contributed by atoms with Crippen LogP contribution in [0.4, 0.5) is 17.6 Å². The first-order chi connectivity index (χ1) is 12.3. The third-order valence-corrected chi connectivity index (χ3v) is 4.63. The van der Waals surface area contributed by atoms with Crippen LogP contribution in [0.3, 0.4) is 0 Å². The Bertz CT molecular complexity index is 694. The van der Waals surface area contributed by atoms with Crippen LogP contribution in [0.25, 0.3) is 0 Å². The van der Waals surface area contributed by atoms with Crippen LogP contribution >= 0.6 is 0 Å². The van der Waals surface area contributed by atoms with Gasteiger partial charge in [0.1, 0.15) is 18.0 Å². The van der Waals surface area contributed by atoms with Gasteiger partial charge in [0.15, 0.2) is 0 Å². The molecule has 4 rings (SSSR count). The smallest absolute Gasteiger partial charge is 0.225 e. The highest BCUT2D eigenvalue weighted by molar-refractivity contribution is 5.51. The van der Waals surface area contributed by atoms with E-state index in [0.29, 0.717) is 0 Å². The predicted molar refractivity (Wildman–Crippen MR) is 96.3 cm³/mol. The molecule has 0 radical (unpaired) electrons. The minimum Gasteiger partial charge on any atom is -0.378 e. The molecule has 0 atom stereocenters. The van der Waals surface area contributed by atoms with Crippen molar-refractivity contribution in [2.24, 2.45) is 0 Å². The minimum atomic E-state index is 0.758. The van der Waals surface area contributed by atoms with E-state index < -0.39 is 0 Å². The van der Waals surface area contributed by atoms with E-state index in [1.54, 1.807) is 6.33 Å². The molecular weight excluding hydrogens is 318 g/mol. The number of rotatable bonds is 3. The molecule has 2 aromatic rings. The molecule has 0 bridgehead atoms. The summed E-state index contributed by atoms with van der Waals surface area (Å²) >= 11 is 0. The van der Waals surface area contributed by atoms with Crippen LogP contribution in [0.5, 0.6) is 0 Å². The van der Waals surface area contributed by atoms with Gasteiger partial charge in [0.2, 0.25) is 5.95 Å². The second kappa shape index (κ2) is 7.18. The molecule has 0 saturated carbocycles. The Kier molecular flexibility index (Phi) is 4.60. The van der Waals surface area contributed by atoms with Gasteiger partial charge in [-0.05, 0) is 12.5 Å². The number of ether oxygens (including phenoxy) is 1. The van der Waals surface area contributed by atoms with Crippen molar-refractivity contribution in [2.45, 2.75) is 6.92 Å². The highest BCUT2D eigenvalue weighted by Crippen LogP contribution is 2.20. The first kappa shape index (κ1) is 16.0. The standard InChI is InChI=1S/C17H23N7O/c1-14-11-18-17(19-12-14)24-4-2-22(3-5-24)15-10-16(21-13-20-15)23-6-8-25-9-7-23/h10-13H,2-9H2,1H3. The van der Waals surface area contributed by atoms with Crippen molar-refractivity contribution >= 4 is 17.6 Å². The largest absolute Gasteiger partial charge is 0.378 e. The molecule has 2 aromatic heterocycles. The summed E-state index contributed by atoms with van der Waals surface area (Å²) in [6.07, 6.45) is 5.40. The van der Waals surface area contributed by atoms with E-state index in [1.807, 2.05) is 19.3 Å². The van der Waals surface area contributed by atoms with Gasteiger partial charge in [-0.15, -0.1) is 0 Å². The fraction of sp³-hybridized carbons (Fsp3) is 0.529. The third kappa shape index (κ3) is 3.63. The van der Waals surface area contributed by atoms with E-state index in [1.165, 1.54) is 0 Å². The summed E-state index contributed by atoms with van der Waals surface area (Å²) in [7, 11) is 0. The monoisotopic (exact) mass is 341 g/mol. The quantitative estimate of drug-likeness (QED) is 0.810. The van der Waals surface area contributed by atoms with E-state index in [0.717, 1.165) is 75.6 Å². The van der Waals surface area contributed by atoms with Gasteiger partial charge in [-0.2, -0.15) is 0 Å². The zero-order valence-electron chi connectivity index (χ0n) is 14.5. The molecule has 8 heteroatoms. The molecule has 0 spiro atoms. The SMILES string of the molecule is Cc1cnc(N2CCN(c3cc(N4CCOCC4)ncn3)CC2)nc1. The molecule has 0 aliphatic carbocycles. The van der Waals surface area contributed by atoms with Gasteiger partial charge < -0.3 is 19.4 Å². The normalized spacial score (nSPS) is 18.5. The van der Waals surface area contributed by atoms with Gasteiger partial charge in [-0.3, -0.25) is 0 Å². The second-order valence-electron chi connectivity index (χ2n) is 6.37. The lowest BCUT2D eigenvalue weighted by Gasteiger charge is -2.35. The van der Waals surface area contributed by atoms with Gasteiger partial charge in [0.25, 0.3) is 0 Å². The van der Waals surface area contributed by atoms with Crippen LogP contribution in [0.2, 0.25) is 0 Å². The number of aromatic nitrogens is 4. The first-order valence-corrected chi connectivity index (χ1v) is 8.73. The molecule has 0 unspecified atom stereocenters. The number of piperazine rings is 1. The second-order valence-corrected chi connectivity index (χ2v) is 6.37. The topological polar surface area (TPSA) is 70.5 Å². The summed E-state index contributed by atoms with van der Waals surface area (Å²) in [6, 6.07) is 2.09. The lowest BCUT2D eigenvalue weighted by molar-refractivity contribution is 0.122. The van der Waals surface area contributed by atoms with Crippen molar-refractivity contribution in [3.63, 3.8) is 0 Å². The molecule has 132 valence electrons. The van der Waals surface area contributed by atoms with Gasteiger partial charge in [0.05, 0.1) is 13.2 Å². The lowest BCUT2D eigenvalue weighted by Crippen LogP contribution is -2.47. The van der Waals surface area contributed by atoms with Crippen molar-refractivity contribution < 1.29 is 4.74 Å². The van der Waals surface area contributed by atoms with Crippen LogP contribution in [0, 0.1) is 6.92 Å². The third-order valence-electron chi connectivity index (χ3n) is 4.63. The van der Waals surface area contributed by atoms with E-state index in [9.17, 15) is 0 Å². The molecule has 2 aliphatic rings. The van der Waals surface area contributed by atoms with Crippen molar-refractivity contribution in [1.29, 1.82) is 0 Å². The van der Waals surface area contributed by atoms with Crippen LogP contribution < -0.4 is 14.7 Å². The fourth-order valence-electron chi connectivity index (χ4n) is 3.16. The minimum absolute atomic E-state index is 0.758. The van der Waals surface area contributed by atoms with E-state index in [4.69, 9.17) is 4.74 Å². The number of aryl methyl sites for hydroxylation is 1. The lowest BCUT2D eigenvalue weighted by atomic mass is 10.3. The maximum absolute atomic E-state index is 5.42. The van der Waals surface area contributed by atoms with Crippen LogP contribution in [0.1, 0.15) is 5.56 Å². The Labute approximate surface area is 147 Å². The molecule has 0 N–H and O–H groups in total. The molecule has 25 heavy (non-hydrogen) atoms. The molecular formula is C17H23N7O. The average molecular weight is 341 g/mol. The van der Waals surface area contributed by atoms with Crippen LogP contribution in [-0.4, -0.2) is 72.4 Å². The molecule has 2 fully saturated rings. The van der Waals surface area contributed by atoms with E-state index in [-0.39, 0.29) is 0 Å². The van der Waals surface area contributed by atoms with Crippen LogP contribution in [0.15, 0.2) is 24.8 Å². The Balaban J connectivity index is 1.41. The van der Waals surface area contributed by atoms with Crippen molar-refractivity contribution in [3.8, 4) is 0 Å². The van der Waals surface area contributed by atoms with Crippen molar-refractivity contribution in [1.82, 2.24) is 19.9 Å². The van der Waals surface area contributed by atoms with Gasteiger partial charge in [-0.1, -0.05) is 0 Å². The predicted octanol–water partition coefficient (Wildman–Crippen LogP) is 0.738. The molecule has 4 heterocycles. The molecule has 2 saturated heterocycles. The molecule has 0 amide bonds. The zero-order valence-corrected chi connectivity index (χ0v) is 14.5.